The van der Waals surface area contributed by atoms with Gasteiger partial charge in [-0.1, -0.05) is 20.8 Å². The van der Waals surface area contributed by atoms with Gasteiger partial charge in [-0.2, -0.15) is 0 Å². The Bertz CT molecular complexity index is 646. The molecule has 0 spiro atoms. The number of hydrogen-bond donors (Lipinski definition) is 2. The number of hydrogen-bond acceptors (Lipinski definition) is 4. The number of H-pyrrole nitrogens is 1. The lowest BCUT2D eigenvalue weighted by molar-refractivity contribution is 0.837. The van der Waals surface area contributed by atoms with Crippen LogP contribution in [0.15, 0.2) is 23.3 Å². The van der Waals surface area contributed by atoms with Gasteiger partial charge < -0.3 is 10.7 Å². The number of nitrogen functional groups attached to an aromatic ring is 1. The number of aryl methyl sites for hydroxylation is 1. The lowest BCUT2D eigenvalue weighted by Crippen LogP contribution is -2.19. The van der Waals surface area contributed by atoms with Gasteiger partial charge in [0.25, 0.3) is 5.56 Å². The number of nitrogens with two attached hydrogens (primary N) is 1. The first-order chi connectivity index (χ1) is 9.04. The van der Waals surface area contributed by atoms with Crippen LogP contribution in [-0.2, 0) is 6.42 Å². The first kappa shape index (κ1) is 13.3. The summed E-state index contributed by atoms with van der Waals surface area (Å²) in [6.07, 6.45) is 4.28. The Labute approximate surface area is 111 Å². The molecule has 0 aliphatic heterocycles. The second-order valence-electron chi connectivity index (χ2n) is 4.75. The van der Waals surface area contributed by atoms with Crippen molar-refractivity contribution in [2.24, 2.45) is 0 Å². The van der Waals surface area contributed by atoms with Crippen LogP contribution in [0, 0.1) is 0 Å². The number of aromatic nitrogens is 3. The van der Waals surface area contributed by atoms with Gasteiger partial charge in [-0.3, -0.25) is 9.78 Å². The molecule has 5 heteroatoms. The summed E-state index contributed by atoms with van der Waals surface area (Å²) in [6, 6.07) is 1.84. The molecular formula is C14H18N4O. The number of nitrogens with one attached hydrogen (secondary N) is 1. The van der Waals surface area contributed by atoms with Crippen LogP contribution in [0.5, 0.6) is 0 Å². The van der Waals surface area contributed by atoms with Crippen LogP contribution in [0.3, 0.4) is 0 Å². The summed E-state index contributed by atoms with van der Waals surface area (Å²) in [5, 5.41) is 0. The Balaban J connectivity index is 2.62. The zero-order chi connectivity index (χ0) is 14.0. The topological polar surface area (TPSA) is 84.7 Å². The van der Waals surface area contributed by atoms with E-state index in [1.165, 1.54) is 0 Å². The van der Waals surface area contributed by atoms with Crippen LogP contribution < -0.4 is 11.3 Å². The maximum absolute atomic E-state index is 12.1. The Hall–Kier alpha value is -2.17. The molecule has 0 fully saturated rings. The average molecular weight is 258 g/mol. The number of aromatic amines is 1. The maximum atomic E-state index is 12.1. The Kier molecular flexibility index (Phi) is 3.64. The fourth-order valence-electron chi connectivity index (χ4n) is 2.13. The van der Waals surface area contributed by atoms with E-state index in [0.717, 1.165) is 17.5 Å². The van der Waals surface area contributed by atoms with Crippen molar-refractivity contribution in [2.75, 3.05) is 5.73 Å². The summed E-state index contributed by atoms with van der Waals surface area (Å²) in [7, 11) is 0. The Morgan fingerprint density at radius 1 is 1.42 bits per heavy atom. The fraction of sp³-hybridized carbons (Fsp3) is 0.357. The van der Waals surface area contributed by atoms with Gasteiger partial charge in [-0.15, -0.1) is 0 Å². The van der Waals surface area contributed by atoms with Gasteiger partial charge in [0.1, 0.15) is 11.6 Å². The largest absolute Gasteiger partial charge is 0.383 e. The van der Waals surface area contributed by atoms with E-state index >= 15 is 0 Å². The zero-order valence-electron chi connectivity index (χ0n) is 11.4. The molecule has 0 aliphatic rings. The van der Waals surface area contributed by atoms with E-state index in [-0.39, 0.29) is 11.5 Å². The molecule has 0 saturated heterocycles. The van der Waals surface area contributed by atoms with Crippen molar-refractivity contribution in [1.82, 2.24) is 15.0 Å². The van der Waals surface area contributed by atoms with Gasteiger partial charge in [0.15, 0.2) is 0 Å². The second kappa shape index (κ2) is 5.22. The van der Waals surface area contributed by atoms with Crippen molar-refractivity contribution in [3.05, 3.63) is 39.9 Å². The van der Waals surface area contributed by atoms with Crippen molar-refractivity contribution < 1.29 is 0 Å². The summed E-state index contributed by atoms with van der Waals surface area (Å²) in [5.74, 6) is 0.854. The van der Waals surface area contributed by atoms with E-state index in [2.05, 4.69) is 15.0 Å². The van der Waals surface area contributed by atoms with Crippen molar-refractivity contribution in [3.8, 4) is 11.4 Å². The normalized spacial score (nSPS) is 10.9. The minimum atomic E-state index is -0.170. The van der Waals surface area contributed by atoms with E-state index in [1.807, 2.05) is 26.8 Å². The van der Waals surface area contributed by atoms with Crippen LogP contribution in [0.25, 0.3) is 11.4 Å². The highest BCUT2D eigenvalue weighted by atomic mass is 16.1. The molecule has 0 aromatic carbocycles. The molecule has 2 heterocycles. The Morgan fingerprint density at radius 2 is 2.16 bits per heavy atom. The highest BCUT2D eigenvalue weighted by Gasteiger charge is 2.14. The molecule has 0 bridgehead atoms. The van der Waals surface area contributed by atoms with Gasteiger partial charge in [0.2, 0.25) is 0 Å². The molecular weight excluding hydrogens is 240 g/mol. The summed E-state index contributed by atoms with van der Waals surface area (Å²) >= 11 is 0. The minimum absolute atomic E-state index is 0.0494. The van der Waals surface area contributed by atoms with E-state index in [9.17, 15) is 4.79 Å². The molecule has 19 heavy (non-hydrogen) atoms. The van der Waals surface area contributed by atoms with Gasteiger partial charge >= 0.3 is 0 Å². The van der Waals surface area contributed by atoms with E-state index in [0.29, 0.717) is 17.2 Å². The molecule has 5 nitrogen and oxygen atoms in total. The zero-order valence-corrected chi connectivity index (χ0v) is 11.4. The molecule has 3 N–H and O–H groups in total. The van der Waals surface area contributed by atoms with E-state index < -0.39 is 0 Å². The molecule has 0 aliphatic carbocycles. The summed E-state index contributed by atoms with van der Waals surface area (Å²) in [6.45, 7) is 5.88. The average Bonchev–Trinajstić information content (AvgIpc) is 2.37. The number of pyridine rings is 1. The summed E-state index contributed by atoms with van der Waals surface area (Å²) < 4.78 is 0. The minimum Gasteiger partial charge on any atom is -0.383 e. The first-order valence-corrected chi connectivity index (χ1v) is 6.37. The third-order valence-electron chi connectivity index (χ3n) is 3.10. The van der Waals surface area contributed by atoms with Crippen LogP contribution in [0.4, 0.5) is 5.82 Å². The van der Waals surface area contributed by atoms with Crippen LogP contribution in [0.2, 0.25) is 0 Å². The van der Waals surface area contributed by atoms with Gasteiger partial charge in [-0.05, 0) is 24.0 Å². The standard InChI is InChI=1S/C14H18N4O/c1-4-9-7-16-6-5-10(9)13-17-12(15)11(8(2)3)14(19)18-13/h5-8H,4H2,1-3H3,(H3,15,17,18,19). The monoisotopic (exact) mass is 258 g/mol. The predicted octanol–water partition coefficient (Wildman–Crippen LogP) is 2.10. The van der Waals surface area contributed by atoms with Crippen LogP contribution in [-0.4, -0.2) is 15.0 Å². The molecule has 0 atom stereocenters. The molecule has 100 valence electrons. The van der Waals surface area contributed by atoms with Crippen LogP contribution >= 0.6 is 0 Å². The summed E-state index contributed by atoms with van der Waals surface area (Å²) in [4.78, 5) is 23.3. The predicted molar refractivity (Wildman–Crippen MR) is 76.0 cm³/mol. The highest BCUT2D eigenvalue weighted by Crippen LogP contribution is 2.22. The third-order valence-corrected chi connectivity index (χ3v) is 3.10. The van der Waals surface area contributed by atoms with E-state index in [4.69, 9.17) is 5.73 Å². The molecule has 0 radical (unpaired) electrons. The summed E-state index contributed by atoms with van der Waals surface area (Å²) in [5.41, 5.74) is 8.17. The third kappa shape index (κ3) is 2.50. The lowest BCUT2D eigenvalue weighted by atomic mass is 10.0. The molecule has 2 aromatic heterocycles. The molecule has 0 amide bonds. The number of anilines is 1. The Morgan fingerprint density at radius 3 is 2.74 bits per heavy atom. The molecule has 2 rings (SSSR count). The number of rotatable bonds is 3. The van der Waals surface area contributed by atoms with Gasteiger partial charge in [-0.25, -0.2) is 4.98 Å². The SMILES string of the molecule is CCc1cnccc1-c1nc(N)c(C(C)C)c(=O)[nH]1. The number of nitrogens with zero attached hydrogens (tertiary/aromatic N) is 2. The fourth-order valence-corrected chi connectivity index (χ4v) is 2.13. The molecule has 2 aromatic rings. The van der Waals surface area contributed by atoms with Crippen molar-refractivity contribution in [3.63, 3.8) is 0 Å². The van der Waals surface area contributed by atoms with Crippen molar-refractivity contribution >= 4 is 5.82 Å². The van der Waals surface area contributed by atoms with Crippen molar-refractivity contribution in [1.29, 1.82) is 0 Å². The van der Waals surface area contributed by atoms with Crippen LogP contribution in [0.1, 0.15) is 37.8 Å². The smallest absolute Gasteiger partial charge is 0.256 e. The quantitative estimate of drug-likeness (QED) is 0.883. The maximum Gasteiger partial charge on any atom is 0.256 e. The highest BCUT2D eigenvalue weighted by molar-refractivity contribution is 5.61. The van der Waals surface area contributed by atoms with E-state index in [1.54, 1.807) is 12.4 Å². The van der Waals surface area contributed by atoms with Gasteiger partial charge in [0.05, 0.1) is 5.56 Å². The molecule has 0 unspecified atom stereocenters. The van der Waals surface area contributed by atoms with Gasteiger partial charge in [0, 0.05) is 18.0 Å². The first-order valence-electron chi connectivity index (χ1n) is 6.37. The van der Waals surface area contributed by atoms with Crippen molar-refractivity contribution in [2.45, 2.75) is 33.1 Å². The second-order valence-corrected chi connectivity index (χ2v) is 4.75. The lowest BCUT2D eigenvalue weighted by Gasteiger charge is -2.11. The molecule has 0 saturated carbocycles.